The normalized spacial score (nSPS) is 13.3. The summed E-state index contributed by atoms with van der Waals surface area (Å²) in [6, 6.07) is 1.46. The van der Waals surface area contributed by atoms with E-state index in [0.717, 1.165) is 27.2 Å². The Kier molecular flexibility index (Phi) is 5.90. The van der Waals surface area contributed by atoms with E-state index < -0.39 is 29.9 Å². The van der Waals surface area contributed by atoms with E-state index in [1.807, 2.05) is 32.9 Å². The lowest BCUT2D eigenvalue weighted by atomic mass is 9.93. The molecule has 0 aliphatic heterocycles. The lowest BCUT2D eigenvalue weighted by Crippen LogP contribution is -2.52. The Balaban J connectivity index is 3.29. The number of carboxylic acid groups (broad SMARTS) is 2. The van der Waals surface area contributed by atoms with Crippen molar-refractivity contribution in [1.82, 2.24) is 4.90 Å². The zero-order valence-corrected chi connectivity index (χ0v) is 14.1. The van der Waals surface area contributed by atoms with Crippen LogP contribution in [0.15, 0.2) is 12.1 Å². The van der Waals surface area contributed by atoms with E-state index in [1.54, 1.807) is 0 Å². The van der Waals surface area contributed by atoms with Gasteiger partial charge in [0.2, 0.25) is 5.91 Å². The maximum atomic E-state index is 11.8. The summed E-state index contributed by atoms with van der Waals surface area (Å²) in [4.78, 5) is 35.7. The third-order valence-corrected chi connectivity index (χ3v) is 4.00. The van der Waals surface area contributed by atoms with E-state index in [-0.39, 0.29) is 6.42 Å². The van der Waals surface area contributed by atoms with E-state index in [9.17, 15) is 19.5 Å². The fraction of sp³-hybridized carbons (Fsp3) is 0.471. The molecular weight excluding hydrogens is 298 g/mol. The molecule has 6 nitrogen and oxygen atoms in total. The molecule has 0 spiro atoms. The number of carboxylic acids is 2. The van der Waals surface area contributed by atoms with Gasteiger partial charge in [-0.15, -0.1) is 0 Å². The molecule has 126 valence electrons. The van der Waals surface area contributed by atoms with Crippen molar-refractivity contribution in [2.75, 3.05) is 0 Å². The molecule has 0 radical (unpaired) electrons. The summed E-state index contributed by atoms with van der Waals surface area (Å²) in [5.41, 5.74) is 3.75. The second-order valence-electron chi connectivity index (χ2n) is 5.88. The standard InChI is InChI=1S/C17H23NO5/c1-9-6-10(2)14(11(3)7-9)8-15(17(22)23)18(13(5)19)12(4)16(20)21/h6-7,12,15H,8H2,1-5H3,(H,20,21)(H,22,23). The van der Waals surface area contributed by atoms with Crippen molar-refractivity contribution in [1.29, 1.82) is 0 Å². The average Bonchev–Trinajstić information content (AvgIpc) is 2.39. The number of amides is 1. The number of carbonyl (C=O) groups excluding carboxylic acids is 1. The molecular formula is C17H23NO5. The van der Waals surface area contributed by atoms with Crippen molar-refractivity contribution in [2.45, 2.75) is 53.1 Å². The van der Waals surface area contributed by atoms with E-state index in [0.29, 0.717) is 0 Å². The van der Waals surface area contributed by atoms with Crippen LogP contribution >= 0.6 is 0 Å². The molecule has 6 heteroatoms. The van der Waals surface area contributed by atoms with Crippen molar-refractivity contribution >= 4 is 17.8 Å². The average molecular weight is 321 g/mol. The molecule has 0 bridgehead atoms. The topological polar surface area (TPSA) is 94.9 Å². The first kappa shape index (κ1) is 18.7. The first-order chi connectivity index (χ1) is 10.6. The quantitative estimate of drug-likeness (QED) is 0.835. The molecule has 1 amide bonds. The molecule has 1 aromatic rings. The second-order valence-corrected chi connectivity index (χ2v) is 5.88. The molecule has 23 heavy (non-hydrogen) atoms. The zero-order valence-electron chi connectivity index (χ0n) is 14.1. The molecule has 0 saturated carbocycles. The van der Waals surface area contributed by atoms with Gasteiger partial charge in [-0.2, -0.15) is 0 Å². The largest absolute Gasteiger partial charge is 0.480 e. The Labute approximate surface area is 135 Å². The second kappa shape index (κ2) is 7.26. The summed E-state index contributed by atoms with van der Waals surface area (Å²) < 4.78 is 0. The number of carbonyl (C=O) groups is 3. The smallest absolute Gasteiger partial charge is 0.326 e. The van der Waals surface area contributed by atoms with E-state index in [4.69, 9.17) is 5.11 Å². The summed E-state index contributed by atoms with van der Waals surface area (Å²) in [6.45, 7) is 8.21. The fourth-order valence-corrected chi connectivity index (χ4v) is 2.91. The van der Waals surface area contributed by atoms with Gasteiger partial charge in [-0.25, -0.2) is 9.59 Å². The van der Waals surface area contributed by atoms with Crippen molar-refractivity contribution in [2.24, 2.45) is 0 Å². The van der Waals surface area contributed by atoms with Gasteiger partial charge >= 0.3 is 11.9 Å². The Morgan fingerprint density at radius 2 is 1.52 bits per heavy atom. The minimum Gasteiger partial charge on any atom is -0.480 e. The van der Waals surface area contributed by atoms with Crippen LogP contribution in [0.2, 0.25) is 0 Å². The van der Waals surface area contributed by atoms with Gasteiger partial charge in [0.05, 0.1) is 0 Å². The van der Waals surface area contributed by atoms with Crippen molar-refractivity contribution in [3.05, 3.63) is 34.4 Å². The number of aliphatic carboxylic acids is 2. The highest BCUT2D eigenvalue weighted by Crippen LogP contribution is 2.21. The highest BCUT2D eigenvalue weighted by Gasteiger charge is 2.35. The first-order valence-corrected chi connectivity index (χ1v) is 7.37. The van der Waals surface area contributed by atoms with Crippen LogP contribution in [0, 0.1) is 20.8 Å². The van der Waals surface area contributed by atoms with E-state index in [2.05, 4.69) is 0 Å². The SMILES string of the molecule is CC(=O)N(C(C)C(=O)O)C(Cc1c(C)cc(C)cc1C)C(=O)O. The monoisotopic (exact) mass is 321 g/mol. The summed E-state index contributed by atoms with van der Waals surface area (Å²) in [5.74, 6) is -3.02. The predicted octanol–water partition coefficient (Wildman–Crippen LogP) is 1.93. The molecule has 2 unspecified atom stereocenters. The zero-order chi connectivity index (χ0) is 17.9. The summed E-state index contributed by atoms with van der Waals surface area (Å²) in [7, 11) is 0. The molecule has 1 aromatic carbocycles. The van der Waals surface area contributed by atoms with Crippen LogP contribution in [-0.2, 0) is 20.8 Å². The highest BCUT2D eigenvalue weighted by atomic mass is 16.4. The first-order valence-electron chi connectivity index (χ1n) is 7.37. The van der Waals surface area contributed by atoms with Gasteiger partial charge in [-0.05, 0) is 44.4 Å². The van der Waals surface area contributed by atoms with Gasteiger partial charge in [-0.1, -0.05) is 17.7 Å². The van der Waals surface area contributed by atoms with Gasteiger partial charge in [-0.3, -0.25) is 4.79 Å². The molecule has 0 aliphatic carbocycles. The summed E-state index contributed by atoms with van der Waals surface area (Å²) in [5, 5.41) is 18.7. The van der Waals surface area contributed by atoms with Crippen molar-refractivity contribution in [3.63, 3.8) is 0 Å². The molecule has 0 heterocycles. The van der Waals surface area contributed by atoms with Crippen molar-refractivity contribution < 1.29 is 24.6 Å². The Hall–Kier alpha value is -2.37. The molecule has 0 aliphatic rings. The van der Waals surface area contributed by atoms with Crippen LogP contribution in [0.1, 0.15) is 36.1 Å². The van der Waals surface area contributed by atoms with Crippen LogP contribution in [0.3, 0.4) is 0 Å². The Bertz CT molecular complexity index is 615. The van der Waals surface area contributed by atoms with E-state index >= 15 is 0 Å². The lowest BCUT2D eigenvalue weighted by molar-refractivity contribution is -0.157. The molecule has 0 fully saturated rings. The predicted molar refractivity (Wildman–Crippen MR) is 85.4 cm³/mol. The maximum absolute atomic E-state index is 11.8. The van der Waals surface area contributed by atoms with Crippen LogP contribution in [0.5, 0.6) is 0 Å². The van der Waals surface area contributed by atoms with Gasteiger partial charge in [0.25, 0.3) is 0 Å². The number of nitrogens with zero attached hydrogens (tertiary/aromatic N) is 1. The number of rotatable bonds is 6. The van der Waals surface area contributed by atoms with Gasteiger partial charge in [0.15, 0.2) is 0 Å². The highest BCUT2D eigenvalue weighted by molar-refractivity contribution is 5.87. The van der Waals surface area contributed by atoms with Gasteiger partial charge < -0.3 is 15.1 Å². The van der Waals surface area contributed by atoms with E-state index in [1.165, 1.54) is 13.8 Å². The minimum absolute atomic E-state index is 0.0739. The maximum Gasteiger partial charge on any atom is 0.326 e. The van der Waals surface area contributed by atoms with Gasteiger partial charge in [0.1, 0.15) is 12.1 Å². The van der Waals surface area contributed by atoms with Crippen LogP contribution in [0.4, 0.5) is 0 Å². The number of hydrogen-bond donors (Lipinski definition) is 2. The molecule has 2 atom stereocenters. The van der Waals surface area contributed by atoms with Crippen LogP contribution < -0.4 is 0 Å². The minimum atomic E-state index is -1.23. The Morgan fingerprint density at radius 1 is 1.04 bits per heavy atom. The number of aryl methyl sites for hydroxylation is 3. The van der Waals surface area contributed by atoms with Gasteiger partial charge in [0, 0.05) is 13.3 Å². The molecule has 2 N–H and O–H groups in total. The Morgan fingerprint density at radius 3 is 1.87 bits per heavy atom. The third kappa shape index (κ3) is 4.31. The molecule has 0 aromatic heterocycles. The summed E-state index contributed by atoms with van der Waals surface area (Å²) >= 11 is 0. The lowest BCUT2D eigenvalue weighted by Gasteiger charge is -2.32. The molecule has 1 rings (SSSR count). The van der Waals surface area contributed by atoms with Crippen molar-refractivity contribution in [3.8, 4) is 0 Å². The molecule has 0 saturated heterocycles. The van der Waals surface area contributed by atoms with Crippen LogP contribution in [-0.4, -0.2) is 45.0 Å². The summed E-state index contributed by atoms with van der Waals surface area (Å²) in [6.07, 6.45) is 0.0739. The number of hydrogen-bond acceptors (Lipinski definition) is 3. The number of benzene rings is 1. The third-order valence-electron chi connectivity index (χ3n) is 4.00. The van der Waals surface area contributed by atoms with Crippen LogP contribution in [0.25, 0.3) is 0 Å². The fourth-order valence-electron chi connectivity index (χ4n) is 2.91.